The summed E-state index contributed by atoms with van der Waals surface area (Å²) in [6, 6.07) is 0. The molecule has 0 unspecified atom stereocenters. The molecule has 0 fully saturated rings. The van der Waals surface area contributed by atoms with Gasteiger partial charge in [-0.2, -0.15) is 0 Å². The zero-order valence-electron chi connectivity index (χ0n) is 3.87. The summed E-state index contributed by atoms with van der Waals surface area (Å²) in [4.78, 5) is 0. The predicted octanol–water partition coefficient (Wildman–Crippen LogP) is 0.0584. The Morgan fingerprint density at radius 1 is 1.62 bits per heavy atom. The Morgan fingerprint density at radius 2 is 2.38 bits per heavy atom. The van der Waals surface area contributed by atoms with Gasteiger partial charge in [-0.05, 0) is 27.8 Å². The minimum absolute atomic E-state index is 0.431. The molecule has 0 radical (unpaired) electrons. The molecule has 0 saturated carbocycles. The van der Waals surface area contributed by atoms with Crippen molar-refractivity contribution in [3.63, 3.8) is 0 Å². The van der Waals surface area contributed by atoms with Crippen LogP contribution in [-0.2, 0) is 0 Å². The molecule has 1 aromatic heterocycles. The fourth-order valence-corrected chi connectivity index (χ4v) is 0.497. The number of aromatic nitrogens is 3. The van der Waals surface area contributed by atoms with Gasteiger partial charge in [0.05, 0.1) is 9.77 Å². The summed E-state index contributed by atoms with van der Waals surface area (Å²) in [6.07, 6.45) is 1.56. The minimum Gasteiger partial charge on any atom is -0.381 e. The highest BCUT2D eigenvalue weighted by molar-refractivity contribution is 14.1. The zero-order valence-corrected chi connectivity index (χ0v) is 6.03. The van der Waals surface area contributed by atoms with E-state index in [-0.39, 0.29) is 0 Å². The molecule has 42 valence electrons. The van der Waals surface area contributed by atoms with Crippen LogP contribution in [0.3, 0.4) is 0 Å². The standard InChI is InChI=1S/C3H3IN4/c4-2-1-6-8-7-3(2)5/h1H,(H2,5,6,7). The monoisotopic (exact) mass is 222 g/mol. The van der Waals surface area contributed by atoms with E-state index in [1.807, 2.05) is 22.6 Å². The van der Waals surface area contributed by atoms with E-state index in [0.717, 1.165) is 3.57 Å². The van der Waals surface area contributed by atoms with E-state index in [1.165, 1.54) is 0 Å². The molecule has 8 heavy (non-hydrogen) atoms. The largest absolute Gasteiger partial charge is 0.381 e. The Balaban J connectivity index is 3.13. The molecule has 4 nitrogen and oxygen atoms in total. The van der Waals surface area contributed by atoms with Crippen molar-refractivity contribution in [1.29, 1.82) is 0 Å². The smallest absolute Gasteiger partial charge is 0.162 e. The normalized spacial score (nSPS) is 9.12. The molecule has 0 aliphatic heterocycles. The molecular formula is C3H3IN4. The van der Waals surface area contributed by atoms with Crippen LogP contribution in [0.2, 0.25) is 0 Å². The van der Waals surface area contributed by atoms with E-state index in [4.69, 9.17) is 5.73 Å². The highest BCUT2D eigenvalue weighted by Gasteiger charge is 1.91. The fraction of sp³-hybridized carbons (Fsp3) is 0. The summed E-state index contributed by atoms with van der Waals surface area (Å²) in [6.45, 7) is 0. The van der Waals surface area contributed by atoms with E-state index >= 15 is 0 Å². The third-order valence-electron chi connectivity index (χ3n) is 0.620. The topological polar surface area (TPSA) is 64.7 Å². The molecule has 0 amide bonds. The Kier molecular flexibility index (Phi) is 1.56. The molecule has 0 saturated heterocycles. The lowest BCUT2D eigenvalue weighted by Gasteiger charge is -1.88. The van der Waals surface area contributed by atoms with Crippen molar-refractivity contribution in [2.45, 2.75) is 0 Å². The molecule has 1 rings (SSSR count). The lowest BCUT2D eigenvalue weighted by Crippen LogP contribution is -1.96. The Bertz CT molecular complexity index is 167. The lowest BCUT2D eigenvalue weighted by atomic mass is 10.6. The second-order valence-electron chi connectivity index (χ2n) is 1.17. The highest BCUT2D eigenvalue weighted by atomic mass is 127. The summed E-state index contributed by atoms with van der Waals surface area (Å²) in [7, 11) is 0. The van der Waals surface area contributed by atoms with Crippen LogP contribution < -0.4 is 5.73 Å². The number of anilines is 1. The molecule has 1 aromatic rings. The summed E-state index contributed by atoms with van der Waals surface area (Å²) >= 11 is 2.03. The van der Waals surface area contributed by atoms with Crippen molar-refractivity contribution < 1.29 is 0 Å². The van der Waals surface area contributed by atoms with E-state index in [2.05, 4.69) is 15.4 Å². The summed E-state index contributed by atoms with van der Waals surface area (Å²) in [5, 5.41) is 10.3. The third kappa shape index (κ3) is 1.03. The van der Waals surface area contributed by atoms with E-state index < -0.39 is 0 Å². The number of nitrogen functional groups attached to an aromatic ring is 1. The van der Waals surface area contributed by atoms with Crippen LogP contribution in [0.5, 0.6) is 0 Å². The number of halogens is 1. The van der Waals surface area contributed by atoms with Gasteiger partial charge >= 0.3 is 0 Å². The highest BCUT2D eigenvalue weighted by Crippen LogP contribution is 2.05. The van der Waals surface area contributed by atoms with Crippen molar-refractivity contribution in [1.82, 2.24) is 15.4 Å². The molecule has 1 heterocycles. The molecule has 0 aromatic carbocycles. The molecular weight excluding hydrogens is 219 g/mol. The predicted molar refractivity (Wildman–Crippen MR) is 37.0 cm³/mol. The van der Waals surface area contributed by atoms with Crippen LogP contribution in [0.1, 0.15) is 0 Å². The first kappa shape index (κ1) is 5.67. The van der Waals surface area contributed by atoms with Crippen molar-refractivity contribution in [3.05, 3.63) is 9.77 Å². The molecule has 0 atom stereocenters. The van der Waals surface area contributed by atoms with Crippen molar-refractivity contribution in [2.24, 2.45) is 0 Å². The van der Waals surface area contributed by atoms with Crippen LogP contribution in [0.4, 0.5) is 5.82 Å². The Morgan fingerprint density at radius 3 is 2.75 bits per heavy atom. The summed E-state index contributed by atoms with van der Waals surface area (Å²) in [5.41, 5.74) is 5.30. The molecule has 5 heteroatoms. The number of nitrogens with zero attached hydrogens (tertiary/aromatic N) is 3. The zero-order chi connectivity index (χ0) is 5.98. The lowest BCUT2D eigenvalue weighted by molar-refractivity contribution is 0.866. The van der Waals surface area contributed by atoms with Gasteiger partial charge in [0.25, 0.3) is 0 Å². The quantitative estimate of drug-likeness (QED) is 0.630. The number of rotatable bonds is 0. The Labute approximate surface area is 59.6 Å². The second-order valence-corrected chi connectivity index (χ2v) is 2.33. The summed E-state index contributed by atoms with van der Waals surface area (Å²) < 4.78 is 0.831. The first-order valence-corrected chi connectivity index (χ1v) is 2.98. The van der Waals surface area contributed by atoms with Crippen LogP contribution in [0.15, 0.2) is 6.20 Å². The van der Waals surface area contributed by atoms with Gasteiger partial charge in [0.1, 0.15) is 0 Å². The number of hydrogen-bond donors (Lipinski definition) is 1. The van der Waals surface area contributed by atoms with Gasteiger partial charge in [-0.1, -0.05) is 0 Å². The van der Waals surface area contributed by atoms with Gasteiger partial charge in [0.2, 0.25) is 0 Å². The maximum absolute atomic E-state index is 5.30. The second kappa shape index (κ2) is 2.21. The van der Waals surface area contributed by atoms with Gasteiger partial charge in [0, 0.05) is 0 Å². The van der Waals surface area contributed by atoms with Crippen molar-refractivity contribution in [2.75, 3.05) is 5.73 Å². The van der Waals surface area contributed by atoms with Crippen LogP contribution in [0, 0.1) is 3.57 Å². The van der Waals surface area contributed by atoms with Gasteiger partial charge < -0.3 is 5.73 Å². The minimum atomic E-state index is 0.431. The SMILES string of the molecule is Nc1nnncc1I. The number of nitrogens with two attached hydrogens (primary N) is 1. The van der Waals surface area contributed by atoms with E-state index in [0.29, 0.717) is 5.82 Å². The van der Waals surface area contributed by atoms with E-state index in [9.17, 15) is 0 Å². The molecule has 0 aliphatic rings. The third-order valence-corrected chi connectivity index (χ3v) is 1.45. The van der Waals surface area contributed by atoms with Crippen molar-refractivity contribution >= 4 is 28.4 Å². The van der Waals surface area contributed by atoms with E-state index in [1.54, 1.807) is 6.20 Å². The summed E-state index contributed by atoms with van der Waals surface area (Å²) in [5.74, 6) is 0.431. The average molecular weight is 222 g/mol. The van der Waals surface area contributed by atoms with Crippen LogP contribution in [0.25, 0.3) is 0 Å². The molecule has 0 spiro atoms. The van der Waals surface area contributed by atoms with Gasteiger partial charge in [-0.15, -0.1) is 10.2 Å². The first-order valence-electron chi connectivity index (χ1n) is 1.90. The first-order chi connectivity index (χ1) is 3.80. The van der Waals surface area contributed by atoms with Crippen molar-refractivity contribution in [3.8, 4) is 0 Å². The number of hydrogen-bond acceptors (Lipinski definition) is 4. The van der Waals surface area contributed by atoms with Crippen LogP contribution >= 0.6 is 22.6 Å². The van der Waals surface area contributed by atoms with Crippen LogP contribution in [-0.4, -0.2) is 15.4 Å². The average Bonchev–Trinajstić information content (AvgIpc) is 1.77. The maximum Gasteiger partial charge on any atom is 0.162 e. The Hall–Kier alpha value is -0.460. The van der Waals surface area contributed by atoms with Gasteiger partial charge in [-0.3, -0.25) is 0 Å². The van der Waals surface area contributed by atoms with Gasteiger partial charge in [-0.25, -0.2) is 0 Å². The molecule has 0 bridgehead atoms. The maximum atomic E-state index is 5.30. The fourth-order valence-electron chi connectivity index (χ4n) is 0.264. The molecule has 2 N–H and O–H groups in total. The molecule has 0 aliphatic carbocycles. The van der Waals surface area contributed by atoms with Gasteiger partial charge in [0.15, 0.2) is 5.82 Å².